The lowest BCUT2D eigenvalue weighted by Crippen LogP contribution is -2.42. The minimum absolute atomic E-state index is 0.0851. The third-order valence-electron chi connectivity index (χ3n) is 2.70. The molecule has 94 valence electrons. The monoisotopic (exact) mass is 297 g/mol. The molecule has 2 nitrogen and oxygen atoms in total. The van der Waals surface area contributed by atoms with Gasteiger partial charge < -0.3 is 4.90 Å². The average molecular weight is 298 g/mol. The Bertz CT molecular complexity index is 405. The van der Waals surface area contributed by atoms with E-state index in [-0.39, 0.29) is 18.0 Å². The minimum atomic E-state index is 0.0851. The number of hydrogen-bond acceptors (Lipinski definition) is 1. The van der Waals surface area contributed by atoms with Crippen LogP contribution in [0.5, 0.6) is 0 Å². The predicted molar refractivity (Wildman–Crippen MR) is 75.3 cm³/mol. The first-order valence-corrected chi connectivity index (χ1v) is 6.72. The van der Waals surface area contributed by atoms with E-state index in [1.165, 1.54) is 0 Å². The van der Waals surface area contributed by atoms with Crippen LogP contribution in [0.2, 0.25) is 0 Å². The van der Waals surface area contributed by atoms with Gasteiger partial charge in [-0.15, -0.1) is 0 Å². The molecule has 0 fully saturated rings. The highest BCUT2D eigenvalue weighted by molar-refractivity contribution is 9.10. The Labute approximate surface area is 112 Å². The highest BCUT2D eigenvalue weighted by Gasteiger charge is 2.22. The van der Waals surface area contributed by atoms with Crippen LogP contribution in [0.25, 0.3) is 0 Å². The van der Waals surface area contributed by atoms with Gasteiger partial charge in [-0.05, 0) is 68.2 Å². The maximum Gasteiger partial charge on any atom is 0.255 e. The van der Waals surface area contributed by atoms with Crippen LogP contribution in [-0.2, 0) is 0 Å². The molecular weight excluding hydrogens is 278 g/mol. The number of carbonyl (C=O) groups excluding carboxylic acids is 1. The standard InChI is InChI=1S/C14H20BrNO/c1-9(2)16(10(3)4)14(17)12-7-6-11(5)8-13(12)15/h6-10H,1-5H3. The molecule has 3 heteroatoms. The number of aryl methyl sites for hydroxylation is 1. The van der Waals surface area contributed by atoms with Crippen molar-refractivity contribution >= 4 is 21.8 Å². The van der Waals surface area contributed by atoms with Crippen molar-refractivity contribution in [2.75, 3.05) is 0 Å². The number of carbonyl (C=O) groups is 1. The van der Waals surface area contributed by atoms with E-state index in [0.717, 1.165) is 15.6 Å². The third-order valence-corrected chi connectivity index (χ3v) is 3.36. The summed E-state index contributed by atoms with van der Waals surface area (Å²) < 4.78 is 0.869. The summed E-state index contributed by atoms with van der Waals surface area (Å²) in [4.78, 5) is 14.4. The maximum atomic E-state index is 12.5. The smallest absolute Gasteiger partial charge is 0.255 e. The first kappa shape index (κ1) is 14.2. The van der Waals surface area contributed by atoms with Gasteiger partial charge in [0.1, 0.15) is 0 Å². The Morgan fingerprint density at radius 1 is 1.18 bits per heavy atom. The lowest BCUT2D eigenvalue weighted by atomic mass is 10.1. The molecule has 0 bridgehead atoms. The van der Waals surface area contributed by atoms with Crippen LogP contribution in [-0.4, -0.2) is 22.9 Å². The summed E-state index contributed by atoms with van der Waals surface area (Å²) in [7, 11) is 0. The van der Waals surface area contributed by atoms with Gasteiger partial charge in [-0.25, -0.2) is 0 Å². The van der Waals surface area contributed by atoms with Crippen molar-refractivity contribution < 1.29 is 4.79 Å². The van der Waals surface area contributed by atoms with E-state index in [2.05, 4.69) is 15.9 Å². The molecule has 0 saturated heterocycles. The summed E-state index contributed by atoms with van der Waals surface area (Å²) in [6.45, 7) is 10.2. The van der Waals surface area contributed by atoms with Crippen molar-refractivity contribution in [2.45, 2.75) is 46.7 Å². The number of nitrogens with zero attached hydrogens (tertiary/aromatic N) is 1. The highest BCUT2D eigenvalue weighted by atomic mass is 79.9. The Morgan fingerprint density at radius 3 is 2.12 bits per heavy atom. The van der Waals surface area contributed by atoms with Gasteiger partial charge in [0, 0.05) is 16.6 Å². The quantitative estimate of drug-likeness (QED) is 0.825. The second-order valence-corrected chi connectivity index (χ2v) is 5.74. The van der Waals surface area contributed by atoms with Crippen molar-refractivity contribution in [3.05, 3.63) is 33.8 Å². The summed E-state index contributed by atoms with van der Waals surface area (Å²) >= 11 is 3.47. The Kier molecular flexibility index (Phi) is 4.75. The van der Waals surface area contributed by atoms with Crippen LogP contribution in [0.3, 0.4) is 0 Å². The molecule has 0 aliphatic rings. The summed E-state index contributed by atoms with van der Waals surface area (Å²) in [6, 6.07) is 6.24. The molecule has 0 unspecified atom stereocenters. The fraction of sp³-hybridized carbons (Fsp3) is 0.500. The lowest BCUT2D eigenvalue weighted by molar-refractivity contribution is 0.0643. The first-order valence-electron chi connectivity index (χ1n) is 5.93. The van der Waals surface area contributed by atoms with Crippen molar-refractivity contribution in [1.82, 2.24) is 4.90 Å². The molecule has 0 heterocycles. The maximum absolute atomic E-state index is 12.5. The molecular formula is C14H20BrNO. The minimum Gasteiger partial charge on any atom is -0.334 e. The molecule has 1 aromatic carbocycles. The van der Waals surface area contributed by atoms with E-state index >= 15 is 0 Å². The molecule has 1 rings (SSSR count). The molecule has 1 amide bonds. The first-order chi connectivity index (χ1) is 7.84. The van der Waals surface area contributed by atoms with E-state index in [9.17, 15) is 4.79 Å². The van der Waals surface area contributed by atoms with Gasteiger partial charge >= 0.3 is 0 Å². The average Bonchev–Trinajstić information content (AvgIpc) is 2.15. The highest BCUT2D eigenvalue weighted by Crippen LogP contribution is 2.22. The second-order valence-electron chi connectivity index (χ2n) is 4.88. The normalized spacial score (nSPS) is 11.1. The molecule has 0 spiro atoms. The third kappa shape index (κ3) is 3.32. The van der Waals surface area contributed by atoms with Crippen LogP contribution >= 0.6 is 15.9 Å². The summed E-state index contributed by atoms with van der Waals surface area (Å²) in [5.74, 6) is 0.0851. The lowest BCUT2D eigenvalue weighted by Gasteiger charge is -2.31. The van der Waals surface area contributed by atoms with Gasteiger partial charge in [0.2, 0.25) is 0 Å². The molecule has 0 N–H and O–H groups in total. The zero-order valence-corrected chi connectivity index (χ0v) is 12.7. The fourth-order valence-corrected chi connectivity index (χ4v) is 2.66. The van der Waals surface area contributed by atoms with Crippen molar-refractivity contribution in [3.8, 4) is 0 Å². The van der Waals surface area contributed by atoms with Gasteiger partial charge in [-0.3, -0.25) is 4.79 Å². The molecule has 0 aliphatic carbocycles. The predicted octanol–water partition coefficient (Wildman–Crippen LogP) is 4.02. The number of rotatable bonds is 3. The van der Waals surface area contributed by atoms with Crippen LogP contribution < -0.4 is 0 Å². The largest absolute Gasteiger partial charge is 0.334 e. The molecule has 0 atom stereocenters. The second kappa shape index (κ2) is 5.67. The van der Waals surface area contributed by atoms with Gasteiger partial charge in [0.05, 0.1) is 5.56 Å². The summed E-state index contributed by atoms with van der Waals surface area (Å²) in [5, 5.41) is 0. The molecule has 0 radical (unpaired) electrons. The number of hydrogen-bond donors (Lipinski definition) is 0. The van der Waals surface area contributed by atoms with Crippen molar-refractivity contribution in [2.24, 2.45) is 0 Å². The van der Waals surface area contributed by atoms with Crippen molar-refractivity contribution in [3.63, 3.8) is 0 Å². The van der Waals surface area contributed by atoms with E-state index < -0.39 is 0 Å². The Hall–Kier alpha value is -0.830. The molecule has 17 heavy (non-hydrogen) atoms. The molecule has 0 aromatic heterocycles. The zero-order valence-electron chi connectivity index (χ0n) is 11.1. The fourth-order valence-electron chi connectivity index (χ4n) is 2.00. The topological polar surface area (TPSA) is 20.3 Å². The van der Waals surface area contributed by atoms with Gasteiger partial charge in [-0.1, -0.05) is 6.07 Å². The van der Waals surface area contributed by atoms with Gasteiger partial charge in [0.25, 0.3) is 5.91 Å². The van der Waals surface area contributed by atoms with Crippen LogP contribution in [0.1, 0.15) is 43.6 Å². The van der Waals surface area contributed by atoms with Gasteiger partial charge in [-0.2, -0.15) is 0 Å². The Morgan fingerprint density at radius 2 is 1.71 bits per heavy atom. The van der Waals surface area contributed by atoms with Crippen molar-refractivity contribution in [1.29, 1.82) is 0 Å². The van der Waals surface area contributed by atoms with Crippen LogP contribution in [0, 0.1) is 6.92 Å². The number of halogens is 1. The summed E-state index contributed by atoms with van der Waals surface area (Å²) in [6.07, 6.45) is 0. The number of benzene rings is 1. The molecule has 1 aromatic rings. The Balaban J connectivity index is 3.10. The van der Waals surface area contributed by atoms with E-state index in [1.54, 1.807) is 0 Å². The molecule has 0 saturated carbocycles. The number of amides is 1. The van der Waals surface area contributed by atoms with Crippen LogP contribution in [0.4, 0.5) is 0 Å². The van der Waals surface area contributed by atoms with E-state index in [0.29, 0.717) is 0 Å². The SMILES string of the molecule is Cc1ccc(C(=O)N(C(C)C)C(C)C)c(Br)c1. The summed E-state index contributed by atoms with van der Waals surface area (Å²) in [5.41, 5.74) is 1.88. The van der Waals surface area contributed by atoms with E-state index in [1.807, 2.05) is 57.7 Å². The van der Waals surface area contributed by atoms with Crippen LogP contribution in [0.15, 0.2) is 22.7 Å². The van der Waals surface area contributed by atoms with Gasteiger partial charge in [0.15, 0.2) is 0 Å². The van der Waals surface area contributed by atoms with E-state index in [4.69, 9.17) is 0 Å². The zero-order chi connectivity index (χ0) is 13.2. The molecule has 0 aliphatic heterocycles.